The van der Waals surface area contributed by atoms with E-state index in [1.54, 1.807) is 18.8 Å². The summed E-state index contributed by atoms with van der Waals surface area (Å²) in [4.78, 5) is 30.7. The number of aromatic nitrogens is 2. The summed E-state index contributed by atoms with van der Waals surface area (Å²) in [7, 11) is 3.15. The minimum atomic E-state index is -0.879. The molecule has 0 amide bonds. The topological polar surface area (TPSA) is 90.7 Å². The molecule has 0 aliphatic carbocycles. The van der Waals surface area contributed by atoms with Crippen molar-refractivity contribution in [3.8, 4) is 11.5 Å². The molecule has 1 aromatic carbocycles. The summed E-state index contributed by atoms with van der Waals surface area (Å²) in [6.07, 6.45) is 0.792. The molecular formula is C21H24N2O5S. The molecule has 3 rings (SSSR count). The second kappa shape index (κ2) is 8.65. The third-order valence-corrected chi connectivity index (χ3v) is 6.05. The molecule has 2 aromatic heterocycles. The molecule has 0 saturated heterocycles. The monoisotopic (exact) mass is 416 g/mol. The van der Waals surface area contributed by atoms with Gasteiger partial charge in [-0.05, 0) is 43.5 Å². The third-order valence-electron chi connectivity index (χ3n) is 4.95. The fourth-order valence-electron chi connectivity index (χ4n) is 3.30. The Balaban J connectivity index is 2.07. The first kappa shape index (κ1) is 20.9. The highest BCUT2D eigenvalue weighted by Gasteiger charge is 2.17. The normalized spacial score (nSPS) is 11.0. The van der Waals surface area contributed by atoms with Crippen LogP contribution in [0.4, 0.5) is 0 Å². The first-order valence-electron chi connectivity index (χ1n) is 9.27. The number of methoxy groups -OCH3 is 2. The number of rotatable bonds is 8. The van der Waals surface area contributed by atoms with E-state index in [4.69, 9.17) is 19.6 Å². The van der Waals surface area contributed by atoms with Gasteiger partial charge >= 0.3 is 5.97 Å². The molecule has 0 fully saturated rings. The number of hydrogen-bond acceptors (Lipinski definition) is 6. The molecule has 7 nitrogen and oxygen atoms in total. The molecule has 8 heteroatoms. The molecule has 0 aliphatic rings. The highest BCUT2D eigenvalue weighted by Crippen LogP contribution is 2.30. The summed E-state index contributed by atoms with van der Waals surface area (Å²) < 4.78 is 12.3. The lowest BCUT2D eigenvalue weighted by Gasteiger charge is -2.14. The molecular weight excluding hydrogens is 392 g/mol. The van der Waals surface area contributed by atoms with Crippen molar-refractivity contribution in [2.75, 3.05) is 14.2 Å². The number of ether oxygens (including phenoxy) is 2. The average Bonchev–Trinajstić information content (AvgIpc) is 2.97. The number of fused-ring (bicyclic) bond motifs is 1. The maximum atomic E-state index is 13.2. The number of thiophene rings is 1. The predicted molar refractivity (Wildman–Crippen MR) is 113 cm³/mol. The number of aliphatic carboxylic acids is 1. The van der Waals surface area contributed by atoms with E-state index in [-0.39, 0.29) is 12.0 Å². The van der Waals surface area contributed by atoms with Gasteiger partial charge in [-0.1, -0.05) is 6.07 Å². The molecule has 1 N–H and O–H groups in total. The van der Waals surface area contributed by atoms with Gasteiger partial charge in [0.15, 0.2) is 11.5 Å². The molecule has 154 valence electrons. The van der Waals surface area contributed by atoms with Gasteiger partial charge < -0.3 is 14.6 Å². The van der Waals surface area contributed by atoms with E-state index in [0.29, 0.717) is 42.1 Å². The zero-order valence-electron chi connectivity index (χ0n) is 16.9. The summed E-state index contributed by atoms with van der Waals surface area (Å²) in [5, 5.41) is 9.59. The van der Waals surface area contributed by atoms with Crippen LogP contribution in [0, 0.1) is 13.8 Å². The largest absolute Gasteiger partial charge is 0.493 e. The maximum Gasteiger partial charge on any atom is 0.303 e. The van der Waals surface area contributed by atoms with E-state index in [2.05, 4.69) is 0 Å². The minimum absolute atomic E-state index is 0.00191. The zero-order chi connectivity index (χ0) is 21.1. The Kier molecular flexibility index (Phi) is 6.22. The van der Waals surface area contributed by atoms with Crippen LogP contribution in [-0.2, 0) is 17.8 Å². The van der Waals surface area contributed by atoms with E-state index in [0.717, 1.165) is 20.8 Å². The van der Waals surface area contributed by atoms with Crippen LogP contribution in [0.3, 0.4) is 0 Å². The maximum absolute atomic E-state index is 13.2. The average molecular weight is 416 g/mol. The van der Waals surface area contributed by atoms with Crippen molar-refractivity contribution in [3.63, 3.8) is 0 Å². The quantitative estimate of drug-likeness (QED) is 0.604. The van der Waals surface area contributed by atoms with Crippen LogP contribution in [-0.4, -0.2) is 34.8 Å². The number of carboxylic acids is 1. The number of nitrogens with zero attached hydrogens (tertiary/aromatic N) is 2. The van der Waals surface area contributed by atoms with Crippen molar-refractivity contribution in [3.05, 3.63) is 50.4 Å². The lowest BCUT2D eigenvalue weighted by Crippen LogP contribution is -2.26. The number of carboxylic acid groups (broad SMARTS) is 1. The van der Waals surface area contributed by atoms with Gasteiger partial charge in [-0.25, -0.2) is 4.98 Å². The second-order valence-electron chi connectivity index (χ2n) is 6.81. The van der Waals surface area contributed by atoms with Crippen molar-refractivity contribution >= 4 is 27.5 Å². The zero-order valence-corrected chi connectivity index (χ0v) is 17.8. The van der Waals surface area contributed by atoms with Crippen molar-refractivity contribution in [2.24, 2.45) is 0 Å². The molecule has 0 aliphatic heterocycles. The first-order valence-corrected chi connectivity index (χ1v) is 10.1. The Morgan fingerprint density at radius 2 is 1.93 bits per heavy atom. The Morgan fingerprint density at radius 3 is 2.59 bits per heavy atom. The van der Waals surface area contributed by atoms with Crippen molar-refractivity contribution in [1.82, 2.24) is 9.55 Å². The number of carbonyl (C=O) groups is 1. The highest BCUT2D eigenvalue weighted by molar-refractivity contribution is 7.18. The van der Waals surface area contributed by atoms with Crippen LogP contribution in [0.2, 0.25) is 0 Å². The molecule has 0 atom stereocenters. The molecule has 3 aromatic rings. The molecule has 2 heterocycles. The van der Waals surface area contributed by atoms with E-state index in [1.807, 2.05) is 32.0 Å². The minimum Gasteiger partial charge on any atom is -0.493 e. The lowest BCUT2D eigenvalue weighted by molar-refractivity contribution is -0.137. The van der Waals surface area contributed by atoms with E-state index in [1.165, 1.54) is 11.3 Å². The lowest BCUT2D eigenvalue weighted by atomic mass is 10.1. The molecule has 0 spiro atoms. The molecule has 29 heavy (non-hydrogen) atoms. The molecule has 0 bridgehead atoms. The molecule has 0 saturated carbocycles. The van der Waals surface area contributed by atoms with E-state index < -0.39 is 5.97 Å². The van der Waals surface area contributed by atoms with Gasteiger partial charge in [-0.2, -0.15) is 0 Å². The van der Waals surface area contributed by atoms with Crippen LogP contribution < -0.4 is 15.0 Å². The van der Waals surface area contributed by atoms with Crippen LogP contribution in [0.1, 0.15) is 34.7 Å². The van der Waals surface area contributed by atoms with Crippen molar-refractivity contribution in [1.29, 1.82) is 0 Å². The first-order chi connectivity index (χ1) is 13.8. The van der Waals surface area contributed by atoms with Gasteiger partial charge in [0.05, 0.1) is 19.6 Å². The standard InChI is InChI=1S/C21H24N2O5S/c1-12-13(2)29-20-19(12)21(26)23(9-5-6-18(24)25)17(22-20)11-14-7-8-15(27-3)16(10-14)28-4/h7-8,10H,5-6,9,11H2,1-4H3,(H,24,25). The Morgan fingerprint density at radius 1 is 1.21 bits per heavy atom. The number of hydrogen-bond donors (Lipinski definition) is 1. The van der Waals surface area contributed by atoms with Crippen molar-refractivity contribution in [2.45, 2.75) is 39.7 Å². The smallest absolute Gasteiger partial charge is 0.303 e. The number of benzene rings is 1. The Hall–Kier alpha value is -2.87. The second-order valence-corrected chi connectivity index (χ2v) is 8.01. The van der Waals surface area contributed by atoms with Crippen LogP contribution in [0.15, 0.2) is 23.0 Å². The molecule has 0 unspecified atom stereocenters. The summed E-state index contributed by atoms with van der Waals surface area (Å²) >= 11 is 1.51. The Labute approximate surface area is 172 Å². The summed E-state index contributed by atoms with van der Waals surface area (Å²) in [6, 6.07) is 5.59. The van der Waals surface area contributed by atoms with Crippen LogP contribution >= 0.6 is 11.3 Å². The Bertz CT molecular complexity index is 1120. The SMILES string of the molecule is COc1ccc(Cc2nc3sc(C)c(C)c3c(=O)n2CCCC(=O)O)cc1OC. The van der Waals surface area contributed by atoms with Gasteiger partial charge in [0.1, 0.15) is 10.7 Å². The van der Waals surface area contributed by atoms with Gasteiger partial charge in [0, 0.05) is 24.3 Å². The van der Waals surface area contributed by atoms with Gasteiger partial charge in [0.2, 0.25) is 0 Å². The fraction of sp³-hybridized carbons (Fsp3) is 0.381. The summed E-state index contributed by atoms with van der Waals surface area (Å²) in [5.74, 6) is 0.967. The van der Waals surface area contributed by atoms with E-state index in [9.17, 15) is 9.59 Å². The fourth-order valence-corrected chi connectivity index (χ4v) is 4.34. The highest BCUT2D eigenvalue weighted by atomic mass is 32.1. The molecule has 0 radical (unpaired) electrons. The predicted octanol–water partition coefficient (Wildman–Crippen LogP) is 3.55. The summed E-state index contributed by atoms with van der Waals surface area (Å²) in [5.41, 5.74) is 1.75. The third kappa shape index (κ3) is 4.27. The van der Waals surface area contributed by atoms with Gasteiger partial charge in [0.25, 0.3) is 5.56 Å². The van der Waals surface area contributed by atoms with Gasteiger partial charge in [-0.15, -0.1) is 11.3 Å². The number of aryl methyl sites for hydroxylation is 2. The van der Waals surface area contributed by atoms with Gasteiger partial charge in [-0.3, -0.25) is 14.2 Å². The van der Waals surface area contributed by atoms with Crippen LogP contribution in [0.5, 0.6) is 11.5 Å². The van der Waals surface area contributed by atoms with Crippen LogP contribution in [0.25, 0.3) is 10.2 Å². The van der Waals surface area contributed by atoms with Crippen molar-refractivity contribution < 1.29 is 19.4 Å². The van der Waals surface area contributed by atoms with E-state index >= 15 is 0 Å². The summed E-state index contributed by atoms with van der Waals surface area (Å²) in [6.45, 7) is 4.21.